The van der Waals surface area contributed by atoms with Gasteiger partial charge in [0.2, 0.25) is 0 Å². The number of hydrogen-bond donors (Lipinski definition) is 1. The van der Waals surface area contributed by atoms with Crippen molar-refractivity contribution in [3.63, 3.8) is 0 Å². The molecule has 1 aromatic rings. The van der Waals surface area contributed by atoms with Gasteiger partial charge in [-0.3, -0.25) is 4.90 Å². The Hall–Kier alpha value is -0.860. The second kappa shape index (κ2) is 5.26. The Bertz CT molecular complexity index is 439. The van der Waals surface area contributed by atoms with Gasteiger partial charge in [-0.25, -0.2) is 0 Å². The highest BCUT2D eigenvalue weighted by Gasteiger charge is 2.32. The molecule has 0 aliphatic carbocycles. The summed E-state index contributed by atoms with van der Waals surface area (Å²) < 4.78 is 0. The highest BCUT2D eigenvalue weighted by molar-refractivity contribution is 5.37. The standard InChI is InChI=1S/C17H28N2/c1-12-7-13(2)16(14(3)8-12)10-19-9-15(4)18-11-17(19,5)6/h7-8,15,18H,9-11H2,1-6H3. The van der Waals surface area contributed by atoms with Crippen molar-refractivity contribution in [1.29, 1.82) is 0 Å². The second-order valence-corrected chi connectivity index (χ2v) is 6.85. The molecule has 0 aromatic heterocycles. The Morgan fingerprint density at radius 1 is 1.21 bits per heavy atom. The van der Waals surface area contributed by atoms with E-state index in [2.05, 4.69) is 63.9 Å². The van der Waals surface area contributed by atoms with Crippen LogP contribution in [-0.2, 0) is 6.54 Å². The predicted molar refractivity (Wildman–Crippen MR) is 82.6 cm³/mol. The van der Waals surface area contributed by atoms with Crippen LogP contribution in [0.5, 0.6) is 0 Å². The van der Waals surface area contributed by atoms with E-state index in [1.165, 1.54) is 22.3 Å². The molecule has 1 fully saturated rings. The van der Waals surface area contributed by atoms with Gasteiger partial charge in [-0.05, 0) is 58.2 Å². The van der Waals surface area contributed by atoms with Crippen LogP contribution in [0.2, 0.25) is 0 Å². The molecule has 1 N–H and O–H groups in total. The minimum atomic E-state index is 0.232. The van der Waals surface area contributed by atoms with Crippen LogP contribution in [0, 0.1) is 20.8 Å². The van der Waals surface area contributed by atoms with Gasteiger partial charge in [0.25, 0.3) is 0 Å². The third-order valence-corrected chi connectivity index (χ3v) is 4.42. The summed E-state index contributed by atoms with van der Waals surface area (Å²) in [4.78, 5) is 2.62. The van der Waals surface area contributed by atoms with E-state index < -0.39 is 0 Å². The van der Waals surface area contributed by atoms with E-state index >= 15 is 0 Å². The number of aryl methyl sites for hydroxylation is 3. The maximum atomic E-state index is 3.58. The quantitative estimate of drug-likeness (QED) is 0.878. The molecule has 106 valence electrons. The Kier molecular flexibility index (Phi) is 4.03. The van der Waals surface area contributed by atoms with E-state index in [0.717, 1.165) is 19.6 Å². The molecular formula is C17H28N2. The van der Waals surface area contributed by atoms with E-state index in [0.29, 0.717) is 6.04 Å². The van der Waals surface area contributed by atoms with Crippen LogP contribution in [0.1, 0.15) is 43.0 Å². The van der Waals surface area contributed by atoms with Gasteiger partial charge >= 0.3 is 0 Å². The molecule has 1 saturated heterocycles. The number of nitrogens with zero attached hydrogens (tertiary/aromatic N) is 1. The summed E-state index contributed by atoms with van der Waals surface area (Å²) in [5.41, 5.74) is 5.97. The van der Waals surface area contributed by atoms with Crippen LogP contribution in [0.3, 0.4) is 0 Å². The molecule has 2 heteroatoms. The molecule has 1 aliphatic heterocycles. The third-order valence-electron chi connectivity index (χ3n) is 4.42. The van der Waals surface area contributed by atoms with Gasteiger partial charge in [-0.1, -0.05) is 17.7 Å². The van der Waals surface area contributed by atoms with Crippen molar-refractivity contribution < 1.29 is 0 Å². The number of rotatable bonds is 2. The average Bonchev–Trinajstić information content (AvgIpc) is 2.28. The molecule has 1 heterocycles. The van der Waals surface area contributed by atoms with Gasteiger partial charge in [0.15, 0.2) is 0 Å². The van der Waals surface area contributed by atoms with Crippen LogP contribution < -0.4 is 5.32 Å². The lowest BCUT2D eigenvalue weighted by Gasteiger charge is -2.45. The summed E-state index contributed by atoms with van der Waals surface area (Å²) in [7, 11) is 0. The summed E-state index contributed by atoms with van der Waals surface area (Å²) in [5.74, 6) is 0. The average molecular weight is 260 g/mol. The zero-order valence-electron chi connectivity index (χ0n) is 13.3. The van der Waals surface area contributed by atoms with Crippen LogP contribution in [0.4, 0.5) is 0 Å². The van der Waals surface area contributed by atoms with Crippen molar-refractivity contribution in [1.82, 2.24) is 10.2 Å². The molecule has 1 aliphatic rings. The van der Waals surface area contributed by atoms with Crippen molar-refractivity contribution >= 4 is 0 Å². The first-order valence-corrected chi connectivity index (χ1v) is 7.35. The summed E-state index contributed by atoms with van der Waals surface area (Å²) in [6, 6.07) is 5.20. The van der Waals surface area contributed by atoms with Gasteiger partial charge in [-0.2, -0.15) is 0 Å². The molecular weight excluding hydrogens is 232 g/mol. The van der Waals surface area contributed by atoms with Crippen molar-refractivity contribution in [2.24, 2.45) is 0 Å². The first kappa shape index (κ1) is 14.5. The Labute approximate surface area is 118 Å². The summed E-state index contributed by atoms with van der Waals surface area (Å²) in [5, 5.41) is 3.58. The van der Waals surface area contributed by atoms with Gasteiger partial charge in [0.1, 0.15) is 0 Å². The van der Waals surface area contributed by atoms with E-state index in [1.54, 1.807) is 0 Å². The van der Waals surface area contributed by atoms with Crippen molar-refractivity contribution in [2.45, 2.75) is 59.7 Å². The molecule has 1 unspecified atom stereocenters. The number of benzene rings is 1. The number of piperazine rings is 1. The Morgan fingerprint density at radius 2 is 1.79 bits per heavy atom. The summed E-state index contributed by atoms with van der Waals surface area (Å²) in [6.07, 6.45) is 0. The van der Waals surface area contributed by atoms with Crippen LogP contribution >= 0.6 is 0 Å². The van der Waals surface area contributed by atoms with Gasteiger partial charge in [0.05, 0.1) is 0 Å². The fourth-order valence-electron chi connectivity index (χ4n) is 3.11. The molecule has 0 bridgehead atoms. The van der Waals surface area contributed by atoms with Gasteiger partial charge in [0, 0.05) is 31.2 Å². The van der Waals surface area contributed by atoms with Crippen molar-refractivity contribution in [2.75, 3.05) is 13.1 Å². The molecule has 0 radical (unpaired) electrons. The van der Waals surface area contributed by atoms with Crippen LogP contribution in [0.25, 0.3) is 0 Å². The highest BCUT2D eigenvalue weighted by atomic mass is 15.3. The monoisotopic (exact) mass is 260 g/mol. The smallest absolute Gasteiger partial charge is 0.0281 e. The minimum Gasteiger partial charge on any atom is -0.311 e. The number of hydrogen-bond acceptors (Lipinski definition) is 2. The largest absolute Gasteiger partial charge is 0.311 e. The van der Waals surface area contributed by atoms with Gasteiger partial charge < -0.3 is 5.32 Å². The molecule has 0 spiro atoms. The normalized spacial score (nSPS) is 23.6. The topological polar surface area (TPSA) is 15.3 Å². The summed E-state index contributed by atoms with van der Waals surface area (Å²) >= 11 is 0. The Morgan fingerprint density at radius 3 is 2.37 bits per heavy atom. The van der Waals surface area contributed by atoms with Crippen molar-refractivity contribution in [3.8, 4) is 0 Å². The minimum absolute atomic E-state index is 0.232. The lowest BCUT2D eigenvalue weighted by molar-refractivity contribution is 0.0623. The fourth-order valence-corrected chi connectivity index (χ4v) is 3.11. The molecule has 1 atom stereocenters. The molecule has 1 aromatic carbocycles. The zero-order chi connectivity index (χ0) is 14.2. The lowest BCUT2D eigenvalue weighted by atomic mass is 9.94. The highest BCUT2D eigenvalue weighted by Crippen LogP contribution is 2.25. The molecule has 0 amide bonds. The first-order valence-electron chi connectivity index (χ1n) is 7.35. The maximum absolute atomic E-state index is 3.58. The first-order chi connectivity index (χ1) is 8.79. The second-order valence-electron chi connectivity index (χ2n) is 6.85. The maximum Gasteiger partial charge on any atom is 0.0281 e. The van der Waals surface area contributed by atoms with E-state index in [4.69, 9.17) is 0 Å². The third kappa shape index (κ3) is 3.18. The summed E-state index contributed by atoms with van der Waals surface area (Å²) in [6.45, 7) is 16.9. The SMILES string of the molecule is Cc1cc(C)c(CN2CC(C)NCC2(C)C)c(C)c1. The van der Waals surface area contributed by atoms with E-state index in [-0.39, 0.29) is 5.54 Å². The molecule has 19 heavy (non-hydrogen) atoms. The lowest BCUT2D eigenvalue weighted by Crippen LogP contribution is -2.60. The predicted octanol–water partition coefficient (Wildman–Crippen LogP) is 3.18. The van der Waals surface area contributed by atoms with Gasteiger partial charge in [-0.15, -0.1) is 0 Å². The fraction of sp³-hybridized carbons (Fsp3) is 0.647. The number of nitrogens with one attached hydrogen (secondary N) is 1. The van der Waals surface area contributed by atoms with Crippen LogP contribution in [0.15, 0.2) is 12.1 Å². The van der Waals surface area contributed by atoms with Crippen LogP contribution in [-0.4, -0.2) is 29.6 Å². The Balaban J connectivity index is 2.25. The molecule has 2 nitrogen and oxygen atoms in total. The molecule has 2 rings (SSSR count). The van der Waals surface area contributed by atoms with Crippen molar-refractivity contribution in [3.05, 3.63) is 34.4 Å². The zero-order valence-corrected chi connectivity index (χ0v) is 13.3. The molecule has 0 saturated carbocycles. The van der Waals surface area contributed by atoms with E-state index in [9.17, 15) is 0 Å². The van der Waals surface area contributed by atoms with E-state index in [1.807, 2.05) is 0 Å².